The summed E-state index contributed by atoms with van der Waals surface area (Å²) in [6.07, 6.45) is 5.64. The molecule has 0 saturated carbocycles. The third kappa shape index (κ3) is 5.04. The van der Waals surface area contributed by atoms with E-state index in [-0.39, 0.29) is 5.91 Å². The second-order valence-electron chi connectivity index (χ2n) is 5.91. The normalized spacial score (nSPS) is 19.6. The third-order valence-electron chi connectivity index (χ3n) is 4.02. The minimum absolute atomic E-state index is 0.0200. The zero-order chi connectivity index (χ0) is 15.1. The van der Waals surface area contributed by atoms with Gasteiger partial charge >= 0.3 is 0 Å². The predicted molar refractivity (Wildman–Crippen MR) is 85.7 cm³/mol. The van der Waals surface area contributed by atoms with Crippen molar-refractivity contribution in [3.63, 3.8) is 0 Å². The zero-order valence-corrected chi connectivity index (χ0v) is 13.9. The fourth-order valence-electron chi connectivity index (χ4n) is 2.84. The Morgan fingerprint density at radius 2 is 2.33 bits per heavy atom. The second kappa shape index (κ2) is 8.44. The van der Waals surface area contributed by atoms with Gasteiger partial charge in [-0.2, -0.15) is 0 Å². The van der Waals surface area contributed by atoms with E-state index in [0.717, 1.165) is 44.0 Å². The summed E-state index contributed by atoms with van der Waals surface area (Å²) in [5.41, 5.74) is 0.805. The molecule has 5 nitrogen and oxygen atoms in total. The highest BCUT2D eigenvalue weighted by molar-refractivity contribution is 7.08. The van der Waals surface area contributed by atoms with Crippen LogP contribution in [-0.4, -0.2) is 46.6 Å². The van der Waals surface area contributed by atoms with Crippen molar-refractivity contribution in [2.75, 3.05) is 26.2 Å². The molecule has 1 aromatic rings. The van der Waals surface area contributed by atoms with Gasteiger partial charge in [0, 0.05) is 13.1 Å². The summed E-state index contributed by atoms with van der Waals surface area (Å²) in [4.78, 5) is 15.2. The number of carbonyl (C=O) groups excluding carboxylic acids is 1. The maximum atomic E-state index is 12.0. The molecule has 1 amide bonds. The van der Waals surface area contributed by atoms with Gasteiger partial charge in [0.15, 0.2) is 0 Å². The van der Waals surface area contributed by atoms with Gasteiger partial charge in [0.2, 0.25) is 0 Å². The molecule has 2 rings (SSSR count). The molecular formula is C15H26N4OS. The fraction of sp³-hybridized carbons (Fsp3) is 0.800. The highest BCUT2D eigenvalue weighted by Gasteiger charge is 2.16. The molecule has 1 atom stereocenters. The largest absolute Gasteiger partial charge is 0.351 e. The van der Waals surface area contributed by atoms with Crippen molar-refractivity contribution in [1.82, 2.24) is 19.8 Å². The maximum absolute atomic E-state index is 12.0. The number of aromatic nitrogens is 2. The molecule has 1 aromatic heterocycles. The van der Waals surface area contributed by atoms with Crippen molar-refractivity contribution in [2.24, 2.45) is 5.92 Å². The number of hydrogen-bond donors (Lipinski definition) is 1. The molecule has 0 aromatic carbocycles. The Morgan fingerprint density at radius 1 is 1.48 bits per heavy atom. The van der Waals surface area contributed by atoms with Gasteiger partial charge in [-0.25, -0.2) is 0 Å². The average Bonchev–Trinajstić information content (AvgIpc) is 2.95. The monoisotopic (exact) mass is 310 g/mol. The van der Waals surface area contributed by atoms with Crippen LogP contribution in [0, 0.1) is 5.92 Å². The smallest absolute Gasteiger partial charge is 0.264 e. The van der Waals surface area contributed by atoms with Crippen LogP contribution in [0.25, 0.3) is 0 Å². The molecule has 0 aliphatic carbocycles. The Kier molecular flexibility index (Phi) is 6.57. The van der Waals surface area contributed by atoms with Gasteiger partial charge in [-0.15, -0.1) is 5.10 Å². The second-order valence-corrected chi connectivity index (χ2v) is 6.67. The molecule has 0 radical (unpaired) electrons. The Hall–Kier alpha value is -1.01. The number of hydrogen-bond acceptors (Lipinski definition) is 5. The van der Waals surface area contributed by atoms with Gasteiger partial charge in [0.1, 0.15) is 4.88 Å². The van der Waals surface area contributed by atoms with Crippen molar-refractivity contribution < 1.29 is 4.79 Å². The molecule has 0 unspecified atom stereocenters. The van der Waals surface area contributed by atoms with Gasteiger partial charge in [0.05, 0.1) is 5.69 Å². The van der Waals surface area contributed by atoms with Crippen molar-refractivity contribution in [3.8, 4) is 0 Å². The van der Waals surface area contributed by atoms with Gasteiger partial charge < -0.3 is 10.2 Å². The molecule has 0 bridgehead atoms. The van der Waals surface area contributed by atoms with E-state index in [1.807, 2.05) is 6.92 Å². The lowest BCUT2D eigenvalue weighted by atomic mass is 10.0. The molecule has 1 aliphatic rings. The minimum Gasteiger partial charge on any atom is -0.351 e. The van der Waals surface area contributed by atoms with E-state index in [2.05, 4.69) is 26.7 Å². The Bertz CT molecular complexity index is 449. The Balaban J connectivity index is 1.60. The number of aryl methyl sites for hydroxylation is 1. The number of rotatable bonds is 7. The molecule has 21 heavy (non-hydrogen) atoms. The number of nitrogens with zero attached hydrogens (tertiary/aromatic N) is 3. The molecule has 1 aliphatic heterocycles. The highest BCUT2D eigenvalue weighted by Crippen LogP contribution is 2.15. The molecule has 1 saturated heterocycles. The van der Waals surface area contributed by atoms with Crippen LogP contribution in [0.1, 0.15) is 54.9 Å². The zero-order valence-electron chi connectivity index (χ0n) is 13.1. The van der Waals surface area contributed by atoms with Crippen molar-refractivity contribution in [2.45, 2.75) is 46.0 Å². The highest BCUT2D eigenvalue weighted by atomic mass is 32.1. The first-order valence-corrected chi connectivity index (χ1v) is 8.79. The van der Waals surface area contributed by atoms with Crippen LogP contribution in [0.3, 0.4) is 0 Å². The number of nitrogens with one attached hydrogen (secondary N) is 1. The van der Waals surface area contributed by atoms with E-state index in [9.17, 15) is 4.79 Å². The first-order valence-electron chi connectivity index (χ1n) is 8.02. The quantitative estimate of drug-likeness (QED) is 0.785. The number of piperidine rings is 1. The summed E-state index contributed by atoms with van der Waals surface area (Å²) in [6, 6.07) is 0. The SMILES string of the molecule is CCc1nnsc1C(=O)NCCCCN1CCC[C@H](C)C1. The van der Waals surface area contributed by atoms with Crippen molar-refractivity contribution in [1.29, 1.82) is 0 Å². The van der Waals surface area contributed by atoms with Crippen LogP contribution in [-0.2, 0) is 6.42 Å². The van der Waals surface area contributed by atoms with E-state index in [0.29, 0.717) is 4.88 Å². The molecule has 1 N–H and O–H groups in total. The lowest BCUT2D eigenvalue weighted by molar-refractivity contribution is 0.0955. The van der Waals surface area contributed by atoms with Gasteiger partial charge in [-0.1, -0.05) is 18.3 Å². The molecule has 2 heterocycles. The minimum atomic E-state index is -0.0200. The van der Waals surface area contributed by atoms with Crippen LogP contribution in [0.4, 0.5) is 0 Å². The van der Waals surface area contributed by atoms with Crippen LogP contribution < -0.4 is 5.32 Å². The van der Waals surface area contributed by atoms with Gasteiger partial charge in [0.25, 0.3) is 5.91 Å². The van der Waals surface area contributed by atoms with Gasteiger partial charge in [-0.05, 0) is 62.6 Å². The van der Waals surface area contributed by atoms with Crippen LogP contribution >= 0.6 is 11.5 Å². The Morgan fingerprint density at radius 3 is 3.10 bits per heavy atom. The fourth-order valence-corrected chi connectivity index (χ4v) is 3.51. The predicted octanol–water partition coefficient (Wildman–Crippen LogP) is 2.34. The number of likely N-dealkylation sites (tertiary alicyclic amines) is 1. The van der Waals surface area contributed by atoms with Crippen LogP contribution in [0.15, 0.2) is 0 Å². The summed E-state index contributed by atoms with van der Waals surface area (Å²) < 4.78 is 3.85. The third-order valence-corrected chi connectivity index (χ3v) is 4.79. The van der Waals surface area contributed by atoms with E-state index in [4.69, 9.17) is 0 Å². The average molecular weight is 310 g/mol. The summed E-state index contributed by atoms with van der Waals surface area (Å²) in [7, 11) is 0. The summed E-state index contributed by atoms with van der Waals surface area (Å²) in [6.45, 7) is 8.70. The lowest BCUT2D eigenvalue weighted by Gasteiger charge is -2.30. The molecule has 118 valence electrons. The molecule has 0 spiro atoms. The molecular weight excluding hydrogens is 284 g/mol. The number of amides is 1. The summed E-state index contributed by atoms with van der Waals surface area (Å²) in [5.74, 6) is 0.818. The van der Waals surface area contributed by atoms with Crippen LogP contribution in [0.2, 0.25) is 0 Å². The van der Waals surface area contributed by atoms with Crippen molar-refractivity contribution >= 4 is 17.4 Å². The van der Waals surface area contributed by atoms with Crippen molar-refractivity contribution in [3.05, 3.63) is 10.6 Å². The first kappa shape index (κ1) is 16.4. The summed E-state index contributed by atoms with van der Waals surface area (Å²) in [5, 5.41) is 6.95. The molecule has 1 fully saturated rings. The standard InChI is InChI=1S/C15H26N4OS/c1-3-13-14(21-18-17-13)15(20)16-8-4-5-9-19-10-6-7-12(2)11-19/h12H,3-11H2,1-2H3,(H,16,20)/t12-/m0/s1. The van der Waals surface area contributed by atoms with Gasteiger partial charge in [-0.3, -0.25) is 4.79 Å². The lowest BCUT2D eigenvalue weighted by Crippen LogP contribution is -2.35. The Labute approximate surface area is 131 Å². The first-order chi connectivity index (χ1) is 10.2. The topological polar surface area (TPSA) is 58.1 Å². The van der Waals surface area contributed by atoms with Crippen LogP contribution in [0.5, 0.6) is 0 Å². The van der Waals surface area contributed by atoms with E-state index in [1.165, 1.54) is 37.5 Å². The van der Waals surface area contributed by atoms with E-state index < -0.39 is 0 Å². The number of carbonyl (C=O) groups is 1. The molecule has 6 heteroatoms. The van der Waals surface area contributed by atoms with E-state index in [1.54, 1.807) is 0 Å². The maximum Gasteiger partial charge on any atom is 0.264 e. The number of unbranched alkanes of at least 4 members (excludes halogenated alkanes) is 1. The summed E-state index contributed by atoms with van der Waals surface area (Å²) >= 11 is 1.19. The van der Waals surface area contributed by atoms with E-state index >= 15 is 0 Å².